The van der Waals surface area contributed by atoms with E-state index >= 15 is 0 Å². The number of nitrogens with one attached hydrogen (secondary N) is 1. The largest absolute Gasteiger partial charge is 0.389 e. The molecule has 0 aliphatic carbocycles. The predicted octanol–water partition coefficient (Wildman–Crippen LogP) is 1.89. The van der Waals surface area contributed by atoms with Gasteiger partial charge in [0.15, 0.2) is 0 Å². The number of pyridine rings is 1. The summed E-state index contributed by atoms with van der Waals surface area (Å²) in [4.78, 5) is 15.6. The maximum Gasteiger partial charge on any atom is 0.389 e. The van der Waals surface area contributed by atoms with E-state index in [1.165, 1.54) is 12.3 Å². The predicted molar refractivity (Wildman–Crippen MR) is 70.4 cm³/mol. The molecular weight excluding hydrogens is 285 g/mol. The highest BCUT2D eigenvalue weighted by Crippen LogP contribution is 2.21. The third kappa shape index (κ3) is 7.32. The summed E-state index contributed by atoms with van der Waals surface area (Å²) in [5, 5.41) is 11.0. The van der Waals surface area contributed by atoms with Gasteiger partial charge in [-0.3, -0.25) is 4.79 Å². The van der Waals surface area contributed by atoms with Gasteiger partial charge in [-0.1, -0.05) is 11.8 Å². The van der Waals surface area contributed by atoms with E-state index in [4.69, 9.17) is 5.11 Å². The lowest BCUT2D eigenvalue weighted by Gasteiger charge is -2.07. The third-order valence-corrected chi connectivity index (χ3v) is 2.48. The molecule has 1 aromatic heterocycles. The summed E-state index contributed by atoms with van der Waals surface area (Å²) in [5.41, 5.74) is 0.728. The van der Waals surface area contributed by atoms with Gasteiger partial charge in [0.2, 0.25) is 0 Å². The SMILES string of the molecule is O=C(NCCCCC(F)(F)F)c1ccc(C#CCO)cn1. The van der Waals surface area contributed by atoms with Crippen molar-refractivity contribution in [3.63, 3.8) is 0 Å². The van der Waals surface area contributed by atoms with Crippen molar-refractivity contribution in [2.75, 3.05) is 13.2 Å². The number of aliphatic hydroxyl groups excluding tert-OH is 1. The number of aliphatic hydroxyl groups is 1. The Kier molecular flexibility index (Phi) is 6.69. The molecule has 0 aromatic carbocycles. The van der Waals surface area contributed by atoms with Crippen molar-refractivity contribution in [3.05, 3.63) is 29.6 Å². The minimum atomic E-state index is -4.16. The van der Waals surface area contributed by atoms with Crippen LogP contribution in [0.3, 0.4) is 0 Å². The van der Waals surface area contributed by atoms with Gasteiger partial charge in [0, 0.05) is 24.7 Å². The topological polar surface area (TPSA) is 62.2 Å². The molecule has 7 heteroatoms. The highest BCUT2D eigenvalue weighted by molar-refractivity contribution is 5.92. The average molecular weight is 300 g/mol. The summed E-state index contributed by atoms with van der Waals surface area (Å²) in [6.45, 7) is -0.0944. The van der Waals surface area contributed by atoms with E-state index in [-0.39, 0.29) is 31.7 Å². The van der Waals surface area contributed by atoms with Gasteiger partial charge in [-0.05, 0) is 25.0 Å². The minimum Gasteiger partial charge on any atom is -0.384 e. The highest BCUT2D eigenvalue weighted by atomic mass is 19.4. The third-order valence-electron chi connectivity index (χ3n) is 2.48. The van der Waals surface area contributed by atoms with Crippen LogP contribution in [0.1, 0.15) is 35.3 Å². The van der Waals surface area contributed by atoms with E-state index < -0.39 is 18.5 Å². The molecule has 0 aliphatic heterocycles. The first kappa shape index (κ1) is 17.0. The standard InChI is InChI=1S/C14H15F3N2O2/c15-14(16,17)7-1-2-8-18-13(21)12-6-5-11(10-19-12)4-3-9-20/h5-6,10,20H,1-2,7-9H2,(H,18,21). The zero-order valence-electron chi connectivity index (χ0n) is 11.2. The second-order valence-corrected chi connectivity index (χ2v) is 4.22. The molecule has 1 heterocycles. The monoisotopic (exact) mass is 300 g/mol. The molecule has 1 rings (SSSR count). The van der Waals surface area contributed by atoms with Crippen molar-refractivity contribution < 1.29 is 23.1 Å². The van der Waals surface area contributed by atoms with Gasteiger partial charge in [-0.25, -0.2) is 4.98 Å². The number of amides is 1. The molecule has 0 atom stereocenters. The lowest BCUT2D eigenvalue weighted by atomic mass is 10.2. The van der Waals surface area contributed by atoms with Crippen LogP contribution in [0, 0.1) is 11.8 Å². The van der Waals surface area contributed by atoms with Crippen molar-refractivity contribution >= 4 is 5.91 Å². The average Bonchev–Trinajstić information content (AvgIpc) is 2.44. The normalized spacial score (nSPS) is 10.7. The van der Waals surface area contributed by atoms with E-state index in [1.54, 1.807) is 6.07 Å². The Hall–Kier alpha value is -2.07. The molecule has 0 radical (unpaired) electrons. The first-order chi connectivity index (χ1) is 9.92. The molecule has 1 amide bonds. The molecule has 21 heavy (non-hydrogen) atoms. The van der Waals surface area contributed by atoms with Gasteiger partial charge in [0.25, 0.3) is 5.91 Å². The fraction of sp³-hybridized carbons (Fsp3) is 0.429. The van der Waals surface area contributed by atoms with Crippen LogP contribution in [0.5, 0.6) is 0 Å². The van der Waals surface area contributed by atoms with Gasteiger partial charge < -0.3 is 10.4 Å². The van der Waals surface area contributed by atoms with Crippen molar-refractivity contribution in [2.45, 2.75) is 25.4 Å². The molecule has 2 N–H and O–H groups in total. The van der Waals surface area contributed by atoms with Crippen LogP contribution in [-0.4, -0.2) is 35.3 Å². The zero-order valence-corrected chi connectivity index (χ0v) is 11.2. The molecule has 114 valence electrons. The second-order valence-electron chi connectivity index (χ2n) is 4.22. The van der Waals surface area contributed by atoms with E-state index in [0.717, 1.165) is 0 Å². The van der Waals surface area contributed by atoms with Crippen LogP contribution in [0.15, 0.2) is 18.3 Å². The minimum absolute atomic E-state index is 0.0209. The summed E-state index contributed by atoms with van der Waals surface area (Å²) < 4.78 is 35.7. The van der Waals surface area contributed by atoms with E-state index in [9.17, 15) is 18.0 Å². The Morgan fingerprint density at radius 1 is 1.33 bits per heavy atom. The van der Waals surface area contributed by atoms with Gasteiger partial charge >= 0.3 is 6.18 Å². The quantitative estimate of drug-likeness (QED) is 0.645. The smallest absolute Gasteiger partial charge is 0.384 e. The van der Waals surface area contributed by atoms with Crippen molar-refractivity contribution in [3.8, 4) is 11.8 Å². The number of unbranched alkanes of at least 4 members (excludes halogenated alkanes) is 1. The lowest BCUT2D eigenvalue weighted by Crippen LogP contribution is -2.25. The van der Waals surface area contributed by atoms with E-state index in [0.29, 0.717) is 5.56 Å². The Morgan fingerprint density at radius 2 is 2.10 bits per heavy atom. The fourth-order valence-corrected chi connectivity index (χ4v) is 1.49. The van der Waals surface area contributed by atoms with Crippen LogP contribution in [0.4, 0.5) is 13.2 Å². The van der Waals surface area contributed by atoms with Gasteiger partial charge in [0.05, 0.1) is 0 Å². The zero-order chi connectivity index (χ0) is 15.7. The van der Waals surface area contributed by atoms with Crippen LogP contribution < -0.4 is 5.32 Å². The Morgan fingerprint density at radius 3 is 2.67 bits per heavy atom. The Bertz CT molecular complexity index is 516. The highest BCUT2D eigenvalue weighted by Gasteiger charge is 2.25. The van der Waals surface area contributed by atoms with Crippen molar-refractivity contribution in [1.82, 2.24) is 10.3 Å². The first-order valence-electron chi connectivity index (χ1n) is 6.33. The number of alkyl halides is 3. The second kappa shape index (κ2) is 8.27. The van der Waals surface area contributed by atoms with Gasteiger partial charge in [-0.15, -0.1) is 0 Å². The molecule has 1 aromatic rings. The first-order valence-corrected chi connectivity index (χ1v) is 6.33. The van der Waals surface area contributed by atoms with Crippen molar-refractivity contribution in [1.29, 1.82) is 0 Å². The van der Waals surface area contributed by atoms with Crippen LogP contribution >= 0.6 is 0 Å². The number of halogens is 3. The van der Waals surface area contributed by atoms with Crippen molar-refractivity contribution in [2.24, 2.45) is 0 Å². The van der Waals surface area contributed by atoms with Gasteiger partial charge in [0.1, 0.15) is 12.3 Å². The molecule has 0 fully saturated rings. The molecule has 0 bridgehead atoms. The maximum atomic E-state index is 11.9. The van der Waals surface area contributed by atoms with E-state index in [1.807, 2.05) is 0 Å². The molecular formula is C14H15F3N2O2. The Labute approximate surface area is 120 Å². The summed E-state index contributed by atoms with van der Waals surface area (Å²) in [5.74, 6) is 4.64. The van der Waals surface area contributed by atoms with Crippen LogP contribution in [0.25, 0.3) is 0 Å². The van der Waals surface area contributed by atoms with Crippen LogP contribution in [0.2, 0.25) is 0 Å². The molecule has 0 spiro atoms. The number of nitrogens with zero attached hydrogens (tertiary/aromatic N) is 1. The number of hydrogen-bond acceptors (Lipinski definition) is 3. The number of carbonyl (C=O) groups is 1. The van der Waals surface area contributed by atoms with Gasteiger partial charge in [-0.2, -0.15) is 13.2 Å². The Balaban J connectivity index is 2.35. The number of hydrogen-bond donors (Lipinski definition) is 2. The summed E-state index contributed by atoms with van der Waals surface area (Å²) in [6.07, 6.45) is -3.38. The molecule has 0 saturated heterocycles. The summed E-state index contributed by atoms with van der Waals surface area (Å²) in [6, 6.07) is 3.04. The van der Waals surface area contributed by atoms with E-state index in [2.05, 4.69) is 22.1 Å². The fourth-order valence-electron chi connectivity index (χ4n) is 1.49. The lowest BCUT2D eigenvalue weighted by molar-refractivity contribution is -0.135. The molecule has 0 unspecified atom stereocenters. The number of carbonyl (C=O) groups excluding carboxylic acids is 1. The number of rotatable bonds is 5. The maximum absolute atomic E-state index is 11.9. The molecule has 0 aliphatic rings. The summed E-state index contributed by atoms with van der Waals surface area (Å²) in [7, 11) is 0. The molecule has 4 nitrogen and oxygen atoms in total. The molecule has 0 saturated carbocycles. The van der Waals surface area contributed by atoms with Crippen LogP contribution in [-0.2, 0) is 0 Å². The summed E-state index contributed by atoms with van der Waals surface area (Å²) >= 11 is 0. The number of aromatic nitrogens is 1.